The van der Waals surface area contributed by atoms with Gasteiger partial charge in [-0.2, -0.15) is 0 Å². The number of imidazole rings is 1. The first-order valence-electron chi connectivity index (χ1n) is 9.02. The molecule has 0 aliphatic heterocycles. The van der Waals surface area contributed by atoms with Gasteiger partial charge in [0.05, 0.1) is 38.6 Å². The topological polar surface area (TPSA) is 160 Å². The number of alkyl halides is 6. The van der Waals surface area contributed by atoms with Crippen molar-refractivity contribution >= 4 is 92.9 Å². The molecule has 2 aromatic heterocycles. The molecule has 0 saturated heterocycles. The van der Waals surface area contributed by atoms with Crippen LogP contribution in [0.2, 0.25) is 0 Å². The molecule has 3 aromatic rings. The number of carbonyl (C=O) groups is 1. The van der Waals surface area contributed by atoms with Crippen LogP contribution in [-0.4, -0.2) is 59.6 Å². The molecule has 0 radical (unpaired) electrons. The van der Waals surface area contributed by atoms with Crippen molar-refractivity contribution in [3.8, 4) is 0 Å². The van der Waals surface area contributed by atoms with E-state index < -0.39 is 38.7 Å². The smallest absolute Gasteiger partial charge is 0.183 e. The number of aromatic amines is 2. The molecule has 14 heteroatoms. The van der Waals surface area contributed by atoms with E-state index in [1.165, 1.54) is 10.9 Å². The minimum atomic E-state index is -0.500. The highest BCUT2D eigenvalue weighted by molar-refractivity contribution is 6.45. The molecule has 8 nitrogen and oxygen atoms in total. The lowest BCUT2D eigenvalue weighted by Crippen LogP contribution is -2.52. The Morgan fingerprint density at radius 3 is 1.64 bits per heavy atom. The average Bonchev–Trinajstić information content (AvgIpc) is 3.51. The Morgan fingerprint density at radius 1 is 0.909 bits per heavy atom. The number of carboxylic acid groups (broad SMARTS) is 1. The van der Waals surface area contributed by atoms with Crippen molar-refractivity contribution in [2.24, 2.45) is 11.5 Å². The van der Waals surface area contributed by atoms with Crippen molar-refractivity contribution in [3.05, 3.63) is 55.2 Å². The van der Waals surface area contributed by atoms with E-state index in [0.717, 1.165) is 0 Å². The van der Waals surface area contributed by atoms with Crippen LogP contribution in [0.15, 0.2) is 55.2 Å². The molecule has 2 heterocycles. The van der Waals surface area contributed by atoms with E-state index in [9.17, 15) is 0 Å². The third-order valence-corrected chi connectivity index (χ3v) is 7.73. The van der Waals surface area contributed by atoms with Crippen LogP contribution < -0.4 is 16.6 Å². The fourth-order valence-corrected chi connectivity index (χ4v) is 4.59. The third kappa shape index (κ3) is 12.5. The Labute approximate surface area is 221 Å². The van der Waals surface area contributed by atoms with Crippen LogP contribution >= 0.6 is 69.6 Å². The van der Waals surface area contributed by atoms with Crippen LogP contribution in [0.1, 0.15) is 0 Å². The number of fused-ring (bicyclic) bond motifs is 1. The van der Waals surface area contributed by atoms with Gasteiger partial charge in [0.15, 0.2) is 5.96 Å². The van der Waals surface area contributed by atoms with E-state index >= 15 is 0 Å². The van der Waals surface area contributed by atoms with Gasteiger partial charge in [-0.1, -0.05) is 18.2 Å². The van der Waals surface area contributed by atoms with Gasteiger partial charge in [-0.3, -0.25) is 5.41 Å². The van der Waals surface area contributed by atoms with Crippen LogP contribution in [0.5, 0.6) is 0 Å². The Morgan fingerprint density at radius 2 is 1.33 bits per heavy atom. The minimum absolute atomic E-state index is 0.333. The second-order valence-electron chi connectivity index (χ2n) is 6.04. The van der Waals surface area contributed by atoms with Gasteiger partial charge < -0.3 is 31.3 Å². The summed E-state index contributed by atoms with van der Waals surface area (Å²) in [6, 6.07) is 10.3. The normalized spacial score (nSPS) is 25.3. The summed E-state index contributed by atoms with van der Waals surface area (Å²) in [5.41, 5.74) is 10.2. The number of rotatable bonds is 0. The number of aromatic nitrogens is 3. The molecule has 7 N–H and O–H groups in total. The molecule has 1 aliphatic carbocycles. The summed E-state index contributed by atoms with van der Waals surface area (Å²) < 4.78 is 0. The lowest BCUT2D eigenvalue weighted by atomic mass is 9.97. The number of hydrogen-bond donors (Lipinski definition) is 5. The van der Waals surface area contributed by atoms with Gasteiger partial charge in [-0.25, -0.2) is 4.98 Å². The van der Waals surface area contributed by atoms with Crippen molar-refractivity contribution in [2.75, 3.05) is 0 Å². The molecular formula is C19H23Cl6N6O2-. The molecule has 0 unspecified atom stereocenters. The lowest BCUT2D eigenvalue weighted by Gasteiger charge is -2.37. The number of hydrogen-bond acceptors (Lipinski definition) is 4. The fourth-order valence-electron chi connectivity index (χ4n) is 2.26. The van der Waals surface area contributed by atoms with Gasteiger partial charge in [0.2, 0.25) is 0 Å². The number of para-hydroxylation sites is 1. The van der Waals surface area contributed by atoms with Gasteiger partial charge in [0.25, 0.3) is 0 Å². The van der Waals surface area contributed by atoms with Crippen molar-refractivity contribution in [1.29, 1.82) is 5.41 Å². The number of carbonyl (C=O) groups excluding carboxylic acids is 1. The van der Waals surface area contributed by atoms with Gasteiger partial charge in [-0.05, 0) is 17.5 Å². The zero-order valence-electron chi connectivity index (χ0n) is 16.9. The largest absolute Gasteiger partial charge is 0.554 e. The Hall–Kier alpha value is -1.55. The summed E-state index contributed by atoms with van der Waals surface area (Å²) in [6.45, 7) is -0.500. The highest BCUT2D eigenvalue weighted by atomic mass is 35.5. The van der Waals surface area contributed by atoms with E-state index in [1.807, 2.05) is 18.3 Å². The number of H-pyrrole nitrogens is 2. The molecule has 1 fully saturated rings. The average molecular weight is 580 g/mol. The summed E-state index contributed by atoms with van der Waals surface area (Å²) in [7, 11) is 0. The lowest BCUT2D eigenvalue weighted by molar-refractivity contribution is -0.283. The molecule has 0 bridgehead atoms. The first-order chi connectivity index (χ1) is 15.6. The van der Waals surface area contributed by atoms with Crippen molar-refractivity contribution in [3.63, 3.8) is 0 Å². The number of benzene rings is 1. The number of guanidine groups is 1. The summed E-state index contributed by atoms with van der Waals surface area (Å²) in [4.78, 5) is 17.8. The van der Waals surface area contributed by atoms with Crippen molar-refractivity contribution in [2.45, 2.75) is 32.3 Å². The van der Waals surface area contributed by atoms with E-state index in [0.29, 0.717) is 0 Å². The molecule has 0 atom stereocenters. The monoisotopic (exact) mass is 577 g/mol. The summed E-state index contributed by atoms with van der Waals surface area (Å²) in [5.74, 6) is -0.333. The maximum absolute atomic E-state index is 8.25. The fraction of sp³-hybridized carbons (Fsp3) is 0.316. The number of nitrogens with two attached hydrogens (primary N) is 2. The maximum Gasteiger partial charge on any atom is 0.183 e. The van der Waals surface area contributed by atoms with E-state index in [1.54, 1.807) is 18.7 Å². The third-order valence-electron chi connectivity index (χ3n) is 3.69. The molecule has 1 saturated carbocycles. The van der Waals surface area contributed by atoms with E-state index in [-0.39, 0.29) is 5.96 Å². The minimum Gasteiger partial charge on any atom is -0.554 e. The highest BCUT2D eigenvalue weighted by Crippen LogP contribution is 2.39. The Balaban J connectivity index is 0.000000428. The number of nitrogens with zero attached hydrogens (tertiary/aromatic N) is 1. The molecule has 184 valence electrons. The van der Waals surface area contributed by atoms with Crippen LogP contribution in [0.25, 0.3) is 10.9 Å². The number of halogens is 6. The van der Waals surface area contributed by atoms with Crippen LogP contribution in [0.3, 0.4) is 0 Å². The summed E-state index contributed by atoms with van der Waals surface area (Å²) in [6.07, 6.45) is 7.03. The van der Waals surface area contributed by atoms with Crippen molar-refractivity contribution < 1.29 is 9.90 Å². The predicted octanol–water partition coefficient (Wildman–Crippen LogP) is 3.43. The van der Waals surface area contributed by atoms with Gasteiger partial charge >= 0.3 is 0 Å². The zero-order chi connectivity index (χ0) is 25.4. The second kappa shape index (κ2) is 17.9. The molecule has 0 amide bonds. The van der Waals surface area contributed by atoms with Crippen LogP contribution in [0, 0.1) is 5.41 Å². The van der Waals surface area contributed by atoms with Gasteiger partial charge in [0.1, 0.15) is 0 Å². The highest BCUT2D eigenvalue weighted by Gasteiger charge is 2.46. The van der Waals surface area contributed by atoms with Crippen LogP contribution in [-0.2, 0) is 4.79 Å². The van der Waals surface area contributed by atoms with Crippen molar-refractivity contribution in [1.82, 2.24) is 15.0 Å². The Kier molecular flexibility index (Phi) is 17.0. The first-order valence-corrected chi connectivity index (χ1v) is 11.6. The van der Waals surface area contributed by atoms with Gasteiger partial charge in [0, 0.05) is 30.6 Å². The Bertz CT molecular complexity index is 790. The predicted molar refractivity (Wildman–Crippen MR) is 137 cm³/mol. The maximum atomic E-state index is 8.25. The molecule has 33 heavy (non-hydrogen) atoms. The summed E-state index contributed by atoms with van der Waals surface area (Å²) in [5, 5.41) is 13.0. The molecule has 4 rings (SSSR count). The van der Waals surface area contributed by atoms with Gasteiger partial charge in [-0.15, -0.1) is 69.6 Å². The van der Waals surface area contributed by atoms with E-state index in [2.05, 4.69) is 44.6 Å². The quantitative estimate of drug-likeness (QED) is 0.119. The zero-order valence-corrected chi connectivity index (χ0v) is 21.5. The standard InChI is InChI=1S/C8H7N.C6H6Cl6.C3H4N2.CH5N3.CH2O2/c1-2-4-8-7(3-1)5-6-9-8;7-1-2(8)4(10)6(12)5(11)3(1)9;1-2-5-3-4-1;2-1(3)4;2-1-3/h1-6,9H;1-6H;1-3H,(H,4,5);(H5,2,3,4);1H,(H,2,3)/p-1. The molecule has 0 spiro atoms. The molecular weight excluding hydrogens is 557 g/mol. The van der Waals surface area contributed by atoms with Crippen LogP contribution in [0.4, 0.5) is 0 Å². The summed E-state index contributed by atoms with van der Waals surface area (Å²) >= 11 is 35.3. The van der Waals surface area contributed by atoms with E-state index in [4.69, 9.17) is 84.9 Å². The number of nitrogens with one attached hydrogen (secondary N) is 3. The molecule has 1 aliphatic rings. The second-order valence-corrected chi connectivity index (χ2v) is 9.07. The SMILES string of the molecule is ClC1C(Cl)C(Cl)C(Cl)C(Cl)C1Cl.N=C(N)N.O=C[O-].c1c[nH]cn1.c1ccc2[nH]ccc2c1. The molecule has 1 aromatic carbocycles. The first kappa shape index (κ1) is 31.4.